The molecule has 0 aliphatic carbocycles. The van der Waals surface area contributed by atoms with Crippen molar-refractivity contribution >= 4 is 91.6 Å². The summed E-state index contributed by atoms with van der Waals surface area (Å²) in [6, 6.07) is 19.7. The van der Waals surface area contributed by atoms with Gasteiger partial charge >= 0.3 is 6.09 Å². The zero-order valence-corrected chi connectivity index (χ0v) is 57.0. The van der Waals surface area contributed by atoms with Gasteiger partial charge in [0.25, 0.3) is 23.6 Å². The number of amides is 7. The van der Waals surface area contributed by atoms with Crippen molar-refractivity contribution in [3.8, 4) is 23.0 Å². The first-order chi connectivity index (χ1) is 43.7. The minimum absolute atomic E-state index is 0.0652. The Morgan fingerprint density at radius 2 is 1.05 bits per heavy atom. The molecule has 1 fully saturated rings. The van der Waals surface area contributed by atoms with Crippen molar-refractivity contribution in [2.24, 2.45) is 5.92 Å². The summed E-state index contributed by atoms with van der Waals surface area (Å²) in [6.45, 7) is 23.1. The van der Waals surface area contributed by atoms with Crippen LogP contribution in [0.5, 0.6) is 23.0 Å². The maximum Gasteiger partial charge on any atom is 0.405 e. The molecule has 23 nitrogen and oxygen atoms in total. The third kappa shape index (κ3) is 16.1. The molecular weight excluding hydrogens is 1210 g/mol. The zero-order chi connectivity index (χ0) is 66.3. The number of anilines is 4. The molecule has 9 rings (SSSR count). The van der Waals surface area contributed by atoms with Crippen LogP contribution in [-0.4, -0.2) is 189 Å². The highest BCUT2D eigenvalue weighted by Crippen LogP contribution is 2.44. The number of benzene rings is 4. The van der Waals surface area contributed by atoms with E-state index < -0.39 is 64.1 Å². The predicted octanol–water partition coefficient (Wildman–Crippen LogP) is 8.87. The second kappa shape index (κ2) is 29.2. The number of carbonyl (C=O) groups excluding carboxylic acids is 6. The Hall–Kier alpha value is -8.24. The molecule has 4 atom stereocenters. The molecule has 1 saturated heterocycles. The summed E-state index contributed by atoms with van der Waals surface area (Å²) in [6.07, 6.45) is 2.97. The smallest absolute Gasteiger partial charge is 0.405 e. The van der Waals surface area contributed by atoms with E-state index in [1.54, 1.807) is 84.6 Å². The molecule has 92 heavy (non-hydrogen) atoms. The highest BCUT2D eigenvalue weighted by atomic mass is 28.3. The standard InChI is InChI=1S/C67H89N9O14Si2/c1-42(2)60(70-67(83)84)62(78)68-43(3)61(77)69-48-18-14-44(15-19-48)46-32-54-65(81)75(40-87-28-30-91(7,8)9)52-36-58(56(85-5)34-50(52)63(79)73(54)38-46)89-26-13-27-90-59-37-53-51(35-57(59)86-6)64(80)74-39-47(33-55(74)66(82)76(53)41-88-29-31-92(10,11)12)45-16-20-49(21-17-45)72-24-22-71(4)23-25-72/h14-21,34-39,42-43,54-55,60,70H,13,22-33,40-41H2,1-12H3,(H,68,78)(H,69,77)(H,83,84)/t43?,54-,55-,60?/m0/s1. The topological polar surface area (TPSA) is 251 Å². The number of nitrogens with one attached hydrogen (secondary N) is 3. The van der Waals surface area contributed by atoms with Crippen molar-refractivity contribution < 1.29 is 67.1 Å². The van der Waals surface area contributed by atoms with Gasteiger partial charge in [-0.3, -0.25) is 38.6 Å². The summed E-state index contributed by atoms with van der Waals surface area (Å²) in [4.78, 5) is 107. The van der Waals surface area contributed by atoms with Crippen LogP contribution in [0.25, 0.3) is 11.1 Å². The molecule has 0 saturated carbocycles. The molecule has 5 heterocycles. The van der Waals surface area contributed by atoms with E-state index in [0.717, 1.165) is 55.1 Å². The minimum Gasteiger partial charge on any atom is -0.493 e. The van der Waals surface area contributed by atoms with Gasteiger partial charge in [-0.25, -0.2) is 4.79 Å². The lowest BCUT2D eigenvalue weighted by molar-refractivity contribution is -0.128. The molecule has 5 aliphatic rings. The Bertz CT molecular complexity index is 3470. The number of hydrogen-bond acceptors (Lipinski definition) is 15. The van der Waals surface area contributed by atoms with E-state index in [1.807, 2.05) is 0 Å². The number of piperazine rings is 1. The van der Waals surface area contributed by atoms with Crippen LogP contribution >= 0.6 is 0 Å². The van der Waals surface area contributed by atoms with Gasteiger partial charge in [0.15, 0.2) is 23.0 Å². The number of carbonyl (C=O) groups is 7. The molecule has 4 aromatic carbocycles. The van der Waals surface area contributed by atoms with Gasteiger partial charge in [0.1, 0.15) is 37.6 Å². The van der Waals surface area contributed by atoms with Crippen LogP contribution in [0.2, 0.25) is 51.4 Å². The van der Waals surface area contributed by atoms with Gasteiger partial charge in [-0.2, -0.15) is 0 Å². The maximum atomic E-state index is 14.9. The summed E-state index contributed by atoms with van der Waals surface area (Å²) in [5, 5.41) is 16.7. The van der Waals surface area contributed by atoms with Gasteiger partial charge < -0.3 is 69.1 Å². The summed E-state index contributed by atoms with van der Waals surface area (Å²) in [5.41, 5.74) is 5.92. The van der Waals surface area contributed by atoms with Crippen molar-refractivity contribution in [2.45, 2.75) is 116 Å². The fraction of sp³-hybridized carbons (Fsp3) is 0.478. The monoisotopic (exact) mass is 1300 g/mol. The Balaban J connectivity index is 0.899. The van der Waals surface area contributed by atoms with Crippen LogP contribution in [0.1, 0.15) is 71.9 Å². The highest BCUT2D eigenvalue weighted by molar-refractivity contribution is 6.76. The first-order valence-corrected chi connectivity index (χ1v) is 38.9. The average Bonchev–Trinajstić information content (AvgIpc) is 1.59. The Labute approximate surface area is 540 Å². The maximum absolute atomic E-state index is 14.9. The summed E-state index contributed by atoms with van der Waals surface area (Å²) in [5.74, 6) is -1.79. The molecule has 0 aromatic heterocycles. The van der Waals surface area contributed by atoms with Gasteiger partial charge in [0.2, 0.25) is 11.8 Å². The number of methoxy groups -OCH3 is 2. The number of rotatable bonds is 27. The molecule has 4 aromatic rings. The second-order valence-electron chi connectivity index (χ2n) is 26.8. The van der Waals surface area contributed by atoms with Gasteiger partial charge in [-0.05, 0) is 90.6 Å². The van der Waals surface area contributed by atoms with Crippen LogP contribution in [0.15, 0.2) is 85.2 Å². The quantitative estimate of drug-likeness (QED) is 0.0321. The minimum atomic E-state index is -1.53. The van der Waals surface area contributed by atoms with Gasteiger partial charge in [0, 0.05) is 111 Å². The Morgan fingerprint density at radius 1 is 0.598 bits per heavy atom. The van der Waals surface area contributed by atoms with E-state index in [4.69, 9.17) is 28.4 Å². The van der Waals surface area contributed by atoms with Crippen LogP contribution in [0, 0.1) is 5.92 Å². The first kappa shape index (κ1) is 68.1. The van der Waals surface area contributed by atoms with Crippen molar-refractivity contribution in [3.05, 3.63) is 107 Å². The van der Waals surface area contributed by atoms with Crippen molar-refractivity contribution in [1.29, 1.82) is 0 Å². The first-order valence-electron chi connectivity index (χ1n) is 31.5. The van der Waals surface area contributed by atoms with E-state index >= 15 is 0 Å². The lowest BCUT2D eigenvalue weighted by Gasteiger charge is -2.34. The van der Waals surface area contributed by atoms with Crippen LogP contribution in [-0.2, 0) is 28.7 Å². The van der Waals surface area contributed by atoms with Crippen LogP contribution in [0.3, 0.4) is 0 Å². The number of likely N-dealkylation sites (N-methyl/N-ethyl adjacent to an activating group) is 1. The molecule has 2 unspecified atom stereocenters. The normalized spacial score (nSPS) is 18.2. The third-order valence-electron chi connectivity index (χ3n) is 17.1. The summed E-state index contributed by atoms with van der Waals surface area (Å²) >= 11 is 0. The molecule has 5 aliphatic heterocycles. The molecule has 4 N–H and O–H groups in total. The van der Waals surface area contributed by atoms with Crippen molar-refractivity contribution in [1.82, 2.24) is 25.3 Å². The number of carboxylic acid groups (broad SMARTS) is 1. The molecule has 7 amide bonds. The van der Waals surface area contributed by atoms with Crippen LogP contribution < -0.4 is 49.6 Å². The van der Waals surface area contributed by atoms with Gasteiger partial charge in [-0.1, -0.05) is 77.4 Å². The number of nitrogens with zero attached hydrogens (tertiary/aromatic N) is 6. The zero-order valence-electron chi connectivity index (χ0n) is 55.0. The molecule has 494 valence electrons. The lowest BCUT2D eigenvalue weighted by Crippen LogP contribution is -2.53. The third-order valence-corrected chi connectivity index (χ3v) is 20.5. The summed E-state index contributed by atoms with van der Waals surface area (Å²) < 4.78 is 37.0. The van der Waals surface area contributed by atoms with E-state index in [2.05, 4.69) is 96.3 Å². The number of fused-ring (bicyclic) bond motifs is 4. The van der Waals surface area contributed by atoms with Crippen molar-refractivity contribution in [3.63, 3.8) is 0 Å². The largest absolute Gasteiger partial charge is 0.493 e. The Kier molecular flexibility index (Phi) is 21.6. The van der Waals surface area contributed by atoms with Crippen molar-refractivity contribution in [2.75, 3.05) is 107 Å². The fourth-order valence-corrected chi connectivity index (χ4v) is 13.0. The van der Waals surface area contributed by atoms with Gasteiger partial charge in [0.05, 0.1) is 49.9 Å². The number of ether oxygens (including phenoxy) is 6. The number of hydrogen-bond donors (Lipinski definition) is 4. The van der Waals surface area contributed by atoms with Crippen LogP contribution in [0.4, 0.5) is 27.5 Å². The predicted molar refractivity (Wildman–Crippen MR) is 358 cm³/mol. The van der Waals surface area contributed by atoms with E-state index in [1.165, 1.54) is 30.9 Å². The summed E-state index contributed by atoms with van der Waals surface area (Å²) in [7, 11) is 2.08. The van der Waals surface area contributed by atoms with E-state index in [9.17, 15) is 38.7 Å². The lowest BCUT2D eigenvalue weighted by atomic mass is 10.0. The molecule has 25 heteroatoms. The fourth-order valence-electron chi connectivity index (χ4n) is 11.5. The molecule has 0 spiro atoms. The SMILES string of the molecule is COc1cc2c(cc1OCCCOc1cc3c(cc1OC)C(=O)N1C=C(c4ccc(N5CCN(C)CC5)cc4)C[C@H]1C(=O)N3COCC[Si](C)(C)C)N(COCC[Si](C)(C)C)C(=O)[C@@H]1CC(c3ccc(NC(=O)C(C)NC(=O)C(NC(=O)O)C(C)C)cc3)=CN1C2=O. The second-order valence-corrected chi connectivity index (χ2v) is 38.0. The molecule has 0 bridgehead atoms. The van der Waals surface area contributed by atoms with E-state index in [-0.39, 0.29) is 79.4 Å². The highest BCUT2D eigenvalue weighted by Gasteiger charge is 2.45. The van der Waals surface area contributed by atoms with E-state index in [0.29, 0.717) is 65.8 Å². The van der Waals surface area contributed by atoms with Gasteiger partial charge in [-0.15, -0.1) is 0 Å². The molecule has 0 radical (unpaired) electrons. The molecular formula is C67H89N9O14Si2. The Morgan fingerprint density at radius 3 is 1.48 bits per heavy atom. The average molecular weight is 1300 g/mol.